The van der Waals surface area contributed by atoms with Crippen LogP contribution in [0.5, 0.6) is 17.2 Å². The molecule has 2 heterocycles. The summed E-state index contributed by atoms with van der Waals surface area (Å²) in [6.07, 6.45) is 11.1. The Kier molecular flexibility index (Phi) is 4.42. The smallest absolute Gasteiger partial charge is 0.171 e. The van der Waals surface area contributed by atoms with Gasteiger partial charge in [-0.1, -0.05) is 24.3 Å². The highest BCUT2D eigenvalue weighted by molar-refractivity contribution is 6.02. The average Bonchev–Trinajstić information content (AvgIpc) is 2.93. The van der Waals surface area contributed by atoms with Crippen molar-refractivity contribution in [3.8, 4) is 17.2 Å². The number of benzene rings is 2. The SMILES string of the molecule is O=C1CC(c2ccc(O)cc2)Oc2ccc(O)c(CN3C=CC=CC=C3)c21. The molecule has 4 rings (SSSR count). The predicted molar refractivity (Wildman–Crippen MR) is 101 cm³/mol. The van der Waals surface area contributed by atoms with Gasteiger partial charge in [0.25, 0.3) is 0 Å². The average molecular weight is 361 g/mol. The molecule has 0 aliphatic carbocycles. The maximum Gasteiger partial charge on any atom is 0.171 e. The number of phenolic OH excluding ortho intramolecular Hbond substituents is 2. The lowest BCUT2D eigenvalue weighted by Gasteiger charge is -2.28. The van der Waals surface area contributed by atoms with Crippen LogP contribution in [0, 0.1) is 0 Å². The minimum atomic E-state index is -0.412. The number of aromatic hydroxyl groups is 2. The Hall–Kier alpha value is -3.47. The van der Waals surface area contributed by atoms with Crippen molar-refractivity contribution >= 4 is 5.78 Å². The lowest BCUT2D eigenvalue weighted by molar-refractivity contribution is 0.0846. The second-order valence-corrected chi connectivity index (χ2v) is 6.50. The van der Waals surface area contributed by atoms with Gasteiger partial charge < -0.3 is 19.8 Å². The number of rotatable bonds is 3. The molecule has 0 saturated carbocycles. The Morgan fingerprint density at radius 2 is 1.67 bits per heavy atom. The summed E-state index contributed by atoms with van der Waals surface area (Å²) in [5, 5.41) is 19.8. The van der Waals surface area contributed by atoms with Crippen LogP contribution in [0.25, 0.3) is 0 Å². The van der Waals surface area contributed by atoms with Crippen LogP contribution >= 0.6 is 0 Å². The standard InChI is InChI=1S/C22H19NO4/c24-16-7-5-15(6-8-16)21-13-19(26)22-17(18(25)9-10-20(22)27-21)14-23-11-3-1-2-4-12-23/h1-12,21,24-25H,13-14H2. The molecule has 5 heteroatoms. The second-order valence-electron chi connectivity index (χ2n) is 6.50. The highest BCUT2D eigenvalue weighted by atomic mass is 16.5. The van der Waals surface area contributed by atoms with Crippen molar-refractivity contribution in [3.63, 3.8) is 0 Å². The first kappa shape index (κ1) is 17.0. The summed E-state index contributed by atoms with van der Waals surface area (Å²) in [5.41, 5.74) is 1.81. The van der Waals surface area contributed by atoms with Gasteiger partial charge in [0.2, 0.25) is 0 Å². The van der Waals surface area contributed by atoms with E-state index in [2.05, 4.69) is 0 Å². The van der Waals surface area contributed by atoms with E-state index in [1.54, 1.807) is 36.4 Å². The molecule has 2 aromatic carbocycles. The molecule has 0 fully saturated rings. The van der Waals surface area contributed by atoms with E-state index < -0.39 is 6.10 Å². The van der Waals surface area contributed by atoms with Crippen LogP contribution in [-0.2, 0) is 6.54 Å². The van der Waals surface area contributed by atoms with Gasteiger partial charge in [0.15, 0.2) is 5.78 Å². The summed E-state index contributed by atoms with van der Waals surface area (Å²) >= 11 is 0. The number of carbonyl (C=O) groups is 1. The van der Waals surface area contributed by atoms with Gasteiger partial charge in [-0.25, -0.2) is 0 Å². The molecule has 2 aliphatic rings. The Morgan fingerprint density at radius 3 is 2.37 bits per heavy atom. The zero-order chi connectivity index (χ0) is 18.8. The molecule has 0 aromatic heterocycles. The van der Waals surface area contributed by atoms with E-state index in [-0.39, 0.29) is 23.7 Å². The van der Waals surface area contributed by atoms with E-state index in [0.29, 0.717) is 23.4 Å². The highest BCUT2D eigenvalue weighted by Crippen LogP contribution is 2.40. The summed E-state index contributed by atoms with van der Waals surface area (Å²) in [6, 6.07) is 9.84. The maximum atomic E-state index is 12.9. The van der Waals surface area contributed by atoms with Crippen molar-refractivity contribution in [1.29, 1.82) is 0 Å². The van der Waals surface area contributed by atoms with E-state index in [1.807, 2.05) is 41.6 Å². The van der Waals surface area contributed by atoms with Crippen molar-refractivity contribution in [1.82, 2.24) is 4.90 Å². The van der Waals surface area contributed by atoms with Crippen LogP contribution in [0.15, 0.2) is 73.1 Å². The fourth-order valence-electron chi connectivity index (χ4n) is 3.31. The van der Waals surface area contributed by atoms with Gasteiger partial charge in [-0.2, -0.15) is 0 Å². The third kappa shape index (κ3) is 3.44. The number of ketones is 1. The van der Waals surface area contributed by atoms with E-state index in [1.165, 1.54) is 0 Å². The molecular formula is C22H19NO4. The van der Waals surface area contributed by atoms with Crippen LogP contribution in [-0.4, -0.2) is 20.9 Å². The van der Waals surface area contributed by atoms with Gasteiger partial charge in [-0.3, -0.25) is 4.79 Å². The topological polar surface area (TPSA) is 70.0 Å². The Bertz CT molecular complexity index is 941. The van der Waals surface area contributed by atoms with Gasteiger partial charge in [-0.15, -0.1) is 0 Å². The normalized spacial score (nSPS) is 18.1. The molecule has 0 saturated heterocycles. The number of phenols is 2. The van der Waals surface area contributed by atoms with Crippen LogP contribution in [0.4, 0.5) is 0 Å². The Morgan fingerprint density at radius 1 is 0.963 bits per heavy atom. The molecule has 0 spiro atoms. The maximum absolute atomic E-state index is 12.9. The van der Waals surface area contributed by atoms with E-state index in [0.717, 1.165) is 5.56 Å². The summed E-state index contributed by atoms with van der Waals surface area (Å²) in [5.74, 6) is 0.647. The fraction of sp³-hybridized carbons (Fsp3) is 0.136. The molecule has 0 amide bonds. The number of fused-ring (bicyclic) bond motifs is 1. The highest BCUT2D eigenvalue weighted by Gasteiger charge is 2.31. The summed E-state index contributed by atoms with van der Waals surface area (Å²) in [6.45, 7) is 0.364. The van der Waals surface area contributed by atoms with Crippen molar-refractivity contribution in [2.24, 2.45) is 0 Å². The molecule has 136 valence electrons. The predicted octanol–water partition coefficient (Wildman–Crippen LogP) is 4.20. The number of ether oxygens (including phenoxy) is 1. The van der Waals surface area contributed by atoms with Crippen molar-refractivity contribution in [3.05, 3.63) is 89.8 Å². The van der Waals surface area contributed by atoms with Crippen molar-refractivity contribution in [2.45, 2.75) is 19.1 Å². The van der Waals surface area contributed by atoms with E-state index >= 15 is 0 Å². The van der Waals surface area contributed by atoms with Crippen molar-refractivity contribution in [2.75, 3.05) is 0 Å². The number of Topliss-reactive ketones (excluding diaryl/α,β-unsaturated/α-hetero) is 1. The lowest BCUT2D eigenvalue weighted by Crippen LogP contribution is -2.23. The van der Waals surface area contributed by atoms with Crippen LogP contribution < -0.4 is 4.74 Å². The molecule has 2 aromatic rings. The molecule has 2 aliphatic heterocycles. The summed E-state index contributed by atoms with van der Waals surface area (Å²) < 4.78 is 6.06. The minimum absolute atomic E-state index is 0.0684. The number of nitrogens with zero attached hydrogens (tertiary/aromatic N) is 1. The third-order valence-corrected chi connectivity index (χ3v) is 4.66. The largest absolute Gasteiger partial charge is 0.508 e. The molecular weight excluding hydrogens is 342 g/mol. The van der Waals surface area contributed by atoms with E-state index in [9.17, 15) is 15.0 Å². The molecule has 1 atom stereocenters. The van der Waals surface area contributed by atoms with Crippen LogP contribution in [0.2, 0.25) is 0 Å². The minimum Gasteiger partial charge on any atom is -0.508 e. The first-order valence-corrected chi connectivity index (χ1v) is 8.73. The van der Waals surface area contributed by atoms with Crippen LogP contribution in [0.1, 0.15) is 34.0 Å². The van der Waals surface area contributed by atoms with Crippen molar-refractivity contribution < 1.29 is 19.7 Å². The number of allylic oxidation sites excluding steroid dienone is 4. The fourth-order valence-corrected chi connectivity index (χ4v) is 3.31. The van der Waals surface area contributed by atoms with Crippen LogP contribution in [0.3, 0.4) is 0 Å². The molecule has 2 N–H and O–H groups in total. The lowest BCUT2D eigenvalue weighted by atomic mass is 9.92. The van der Waals surface area contributed by atoms with Gasteiger partial charge >= 0.3 is 0 Å². The first-order valence-electron chi connectivity index (χ1n) is 8.73. The summed E-state index contributed by atoms with van der Waals surface area (Å²) in [4.78, 5) is 14.8. The number of hydrogen-bond acceptors (Lipinski definition) is 5. The summed E-state index contributed by atoms with van der Waals surface area (Å²) in [7, 11) is 0. The van der Waals surface area contributed by atoms with E-state index in [4.69, 9.17) is 4.74 Å². The molecule has 27 heavy (non-hydrogen) atoms. The molecule has 5 nitrogen and oxygen atoms in total. The van der Waals surface area contributed by atoms with Gasteiger partial charge in [0.1, 0.15) is 23.4 Å². The number of hydrogen-bond donors (Lipinski definition) is 2. The number of carbonyl (C=O) groups excluding carboxylic acids is 1. The molecule has 0 radical (unpaired) electrons. The van der Waals surface area contributed by atoms with Gasteiger partial charge in [-0.05, 0) is 42.0 Å². The zero-order valence-electron chi connectivity index (χ0n) is 14.6. The quantitative estimate of drug-likeness (QED) is 0.857. The molecule has 0 bridgehead atoms. The first-order chi connectivity index (χ1) is 13.1. The second kappa shape index (κ2) is 7.03. The van der Waals surface area contributed by atoms with Gasteiger partial charge in [0.05, 0.1) is 18.5 Å². The van der Waals surface area contributed by atoms with Gasteiger partial charge in [0, 0.05) is 18.0 Å². The third-order valence-electron chi connectivity index (χ3n) is 4.66. The monoisotopic (exact) mass is 361 g/mol. The Labute approximate surface area is 157 Å². The zero-order valence-corrected chi connectivity index (χ0v) is 14.6. The Balaban J connectivity index is 1.66. The molecule has 1 unspecified atom stereocenters.